The molecule has 0 aliphatic rings. The molecule has 0 spiro atoms. The minimum absolute atomic E-state index is 0.160. The van der Waals surface area contributed by atoms with E-state index < -0.39 is 17.7 Å². The lowest BCUT2D eigenvalue weighted by Gasteiger charge is -2.14. The molecule has 1 aromatic carbocycles. The van der Waals surface area contributed by atoms with Crippen LogP contribution in [0.3, 0.4) is 0 Å². The van der Waals surface area contributed by atoms with E-state index in [1.807, 2.05) is 0 Å². The van der Waals surface area contributed by atoms with Crippen molar-refractivity contribution in [1.29, 1.82) is 0 Å². The molecule has 1 aromatic rings. The summed E-state index contributed by atoms with van der Waals surface area (Å²) in [5.74, 6) is -1.71. The van der Waals surface area contributed by atoms with Crippen LogP contribution in [0, 0.1) is 11.6 Å². The van der Waals surface area contributed by atoms with E-state index >= 15 is 0 Å². The average Bonchev–Trinajstić information content (AvgIpc) is 2.17. The van der Waals surface area contributed by atoms with Crippen LogP contribution < -0.4 is 11.1 Å². The van der Waals surface area contributed by atoms with Crippen LogP contribution in [0.4, 0.5) is 8.78 Å². The Hall–Kier alpha value is -1.49. The lowest BCUT2D eigenvalue weighted by Crippen LogP contribution is -2.32. The second-order valence-corrected chi connectivity index (χ2v) is 3.16. The summed E-state index contributed by atoms with van der Waals surface area (Å²) in [6.45, 7) is 1.44. The molecule has 0 radical (unpaired) electrons. The largest absolute Gasteiger partial charge is 0.348 e. The number of carbonyl (C=O) groups is 1. The summed E-state index contributed by atoms with van der Waals surface area (Å²) in [6, 6.07) is 2.69. The van der Waals surface area contributed by atoms with Crippen molar-refractivity contribution < 1.29 is 13.6 Å². The second-order valence-electron chi connectivity index (χ2n) is 3.16. The zero-order valence-corrected chi connectivity index (χ0v) is 8.26. The van der Waals surface area contributed by atoms with Gasteiger partial charge in [-0.3, -0.25) is 4.79 Å². The van der Waals surface area contributed by atoms with Crippen molar-refractivity contribution >= 4 is 5.91 Å². The fraction of sp³-hybridized carbons (Fsp3) is 0.300. The summed E-state index contributed by atoms with van der Waals surface area (Å²) in [7, 11) is 0. The maximum atomic E-state index is 13.2. The number of hydrogen-bond donors (Lipinski definition) is 2. The van der Waals surface area contributed by atoms with Crippen LogP contribution in [0.2, 0.25) is 0 Å². The lowest BCUT2D eigenvalue weighted by atomic mass is 10.1. The van der Waals surface area contributed by atoms with E-state index in [-0.39, 0.29) is 18.0 Å². The molecule has 0 saturated heterocycles. The van der Waals surface area contributed by atoms with E-state index in [1.54, 1.807) is 6.92 Å². The number of nitrogens with one attached hydrogen (secondary N) is 1. The molecule has 0 aromatic heterocycles. The van der Waals surface area contributed by atoms with Crippen molar-refractivity contribution in [2.24, 2.45) is 5.73 Å². The third-order valence-corrected chi connectivity index (χ3v) is 1.99. The van der Waals surface area contributed by atoms with E-state index in [2.05, 4.69) is 5.32 Å². The van der Waals surface area contributed by atoms with Crippen molar-refractivity contribution in [3.8, 4) is 0 Å². The maximum absolute atomic E-state index is 13.2. The van der Waals surface area contributed by atoms with E-state index in [0.717, 1.165) is 12.1 Å². The molecule has 1 unspecified atom stereocenters. The predicted octanol–water partition coefficient (Wildman–Crippen LogP) is 1.10. The van der Waals surface area contributed by atoms with Gasteiger partial charge in [0.05, 0.1) is 12.6 Å². The molecular weight excluding hydrogens is 202 g/mol. The summed E-state index contributed by atoms with van der Waals surface area (Å²) in [4.78, 5) is 10.9. The molecule has 1 amide bonds. The third-order valence-electron chi connectivity index (χ3n) is 1.99. The van der Waals surface area contributed by atoms with Crippen LogP contribution in [0.25, 0.3) is 0 Å². The Morgan fingerprint density at radius 1 is 1.53 bits per heavy atom. The van der Waals surface area contributed by atoms with Crippen molar-refractivity contribution in [2.75, 3.05) is 6.54 Å². The molecule has 0 heterocycles. The number of carbonyl (C=O) groups excluding carboxylic acids is 1. The van der Waals surface area contributed by atoms with Crippen molar-refractivity contribution in [2.45, 2.75) is 13.0 Å². The Kier molecular flexibility index (Phi) is 3.74. The smallest absolute Gasteiger partial charge is 0.234 e. The molecule has 3 nitrogen and oxygen atoms in total. The van der Waals surface area contributed by atoms with Gasteiger partial charge in [-0.1, -0.05) is 6.07 Å². The Bertz CT molecular complexity index is 368. The summed E-state index contributed by atoms with van der Waals surface area (Å²) in [6.07, 6.45) is 0. The topological polar surface area (TPSA) is 55.1 Å². The van der Waals surface area contributed by atoms with E-state index in [1.165, 1.54) is 6.07 Å². The highest BCUT2D eigenvalue weighted by molar-refractivity contribution is 5.78. The van der Waals surface area contributed by atoms with Crippen LogP contribution in [0.1, 0.15) is 18.5 Å². The average molecular weight is 214 g/mol. The van der Waals surface area contributed by atoms with Gasteiger partial charge in [-0.05, 0) is 13.0 Å². The first-order chi connectivity index (χ1) is 7.04. The number of nitrogens with two attached hydrogens (primary N) is 1. The van der Waals surface area contributed by atoms with Gasteiger partial charge in [0, 0.05) is 11.6 Å². The van der Waals surface area contributed by atoms with Crippen molar-refractivity contribution in [1.82, 2.24) is 5.32 Å². The second kappa shape index (κ2) is 4.84. The van der Waals surface area contributed by atoms with Crippen LogP contribution in [-0.2, 0) is 4.79 Å². The molecule has 0 bridgehead atoms. The highest BCUT2D eigenvalue weighted by Gasteiger charge is 2.13. The van der Waals surface area contributed by atoms with E-state index in [9.17, 15) is 13.6 Å². The van der Waals surface area contributed by atoms with Gasteiger partial charge in [0.2, 0.25) is 5.91 Å². The Morgan fingerprint density at radius 3 is 2.73 bits per heavy atom. The zero-order valence-electron chi connectivity index (χ0n) is 8.26. The molecule has 82 valence electrons. The first kappa shape index (κ1) is 11.6. The zero-order chi connectivity index (χ0) is 11.4. The minimum Gasteiger partial charge on any atom is -0.348 e. The fourth-order valence-corrected chi connectivity index (χ4v) is 1.23. The molecule has 0 fully saturated rings. The summed E-state index contributed by atoms with van der Waals surface area (Å²) in [5, 5.41) is 2.48. The molecule has 1 rings (SSSR count). The highest BCUT2D eigenvalue weighted by atomic mass is 19.1. The fourth-order valence-electron chi connectivity index (χ4n) is 1.23. The first-order valence-electron chi connectivity index (χ1n) is 4.49. The standard InChI is InChI=1S/C10H12F2N2O/c1-6(14-10(15)5-13)8-3-2-7(11)4-9(8)12/h2-4,6H,5,13H2,1H3,(H,14,15). The lowest BCUT2D eigenvalue weighted by molar-refractivity contribution is -0.120. The number of rotatable bonds is 3. The van der Waals surface area contributed by atoms with Gasteiger partial charge in [0.15, 0.2) is 0 Å². The summed E-state index contributed by atoms with van der Waals surface area (Å²) in [5.41, 5.74) is 5.33. The van der Waals surface area contributed by atoms with Gasteiger partial charge in [-0.25, -0.2) is 8.78 Å². The summed E-state index contributed by atoms with van der Waals surface area (Å²) >= 11 is 0. The molecule has 0 aliphatic heterocycles. The number of benzene rings is 1. The number of halogens is 2. The molecular formula is C10H12F2N2O. The Balaban J connectivity index is 2.82. The van der Waals surface area contributed by atoms with Gasteiger partial charge in [0.1, 0.15) is 11.6 Å². The van der Waals surface area contributed by atoms with Gasteiger partial charge >= 0.3 is 0 Å². The molecule has 1 atom stereocenters. The van der Waals surface area contributed by atoms with Crippen LogP contribution in [0.15, 0.2) is 18.2 Å². The first-order valence-corrected chi connectivity index (χ1v) is 4.49. The minimum atomic E-state index is -0.681. The number of amides is 1. The molecule has 3 N–H and O–H groups in total. The molecule has 5 heteroatoms. The van der Waals surface area contributed by atoms with Gasteiger partial charge in [-0.2, -0.15) is 0 Å². The predicted molar refractivity (Wildman–Crippen MR) is 52.0 cm³/mol. The van der Waals surface area contributed by atoms with Gasteiger partial charge in [-0.15, -0.1) is 0 Å². The highest BCUT2D eigenvalue weighted by Crippen LogP contribution is 2.17. The molecule has 15 heavy (non-hydrogen) atoms. The van der Waals surface area contributed by atoms with Crippen molar-refractivity contribution in [3.05, 3.63) is 35.4 Å². The number of hydrogen-bond acceptors (Lipinski definition) is 2. The Morgan fingerprint density at radius 2 is 2.20 bits per heavy atom. The van der Waals surface area contributed by atoms with Crippen LogP contribution in [0.5, 0.6) is 0 Å². The normalized spacial score (nSPS) is 12.3. The molecule has 0 aliphatic carbocycles. The SMILES string of the molecule is CC(NC(=O)CN)c1ccc(F)cc1F. The summed E-state index contributed by atoms with van der Waals surface area (Å²) < 4.78 is 25.8. The maximum Gasteiger partial charge on any atom is 0.234 e. The van der Waals surface area contributed by atoms with E-state index in [0.29, 0.717) is 0 Å². The van der Waals surface area contributed by atoms with E-state index in [4.69, 9.17) is 5.73 Å². The van der Waals surface area contributed by atoms with Crippen LogP contribution >= 0.6 is 0 Å². The quantitative estimate of drug-likeness (QED) is 0.791. The van der Waals surface area contributed by atoms with Crippen LogP contribution in [-0.4, -0.2) is 12.5 Å². The third kappa shape index (κ3) is 2.99. The van der Waals surface area contributed by atoms with Crippen molar-refractivity contribution in [3.63, 3.8) is 0 Å². The van der Waals surface area contributed by atoms with Gasteiger partial charge < -0.3 is 11.1 Å². The van der Waals surface area contributed by atoms with Gasteiger partial charge in [0.25, 0.3) is 0 Å². The Labute approximate surface area is 86.3 Å². The monoisotopic (exact) mass is 214 g/mol. The molecule has 0 saturated carbocycles.